The van der Waals surface area contributed by atoms with E-state index in [4.69, 9.17) is 9.72 Å². The first-order valence-corrected chi connectivity index (χ1v) is 11.1. The van der Waals surface area contributed by atoms with Gasteiger partial charge >= 0.3 is 6.03 Å². The van der Waals surface area contributed by atoms with E-state index >= 15 is 0 Å². The van der Waals surface area contributed by atoms with Crippen molar-refractivity contribution < 1.29 is 9.53 Å². The number of ether oxygens (including phenoxy) is 1. The Hall–Kier alpha value is -3.72. The largest absolute Gasteiger partial charge is 0.377 e. The third kappa shape index (κ3) is 4.07. The van der Waals surface area contributed by atoms with Gasteiger partial charge in [-0.25, -0.2) is 14.2 Å². The summed E-state index contributed by atoms with van der Waals surface area (Å²) >= 11 is 0. The maximum absolute atomic E-state index is 12.8. The molecule has 1 saturated heterocycles. The van der Waals surface area contributed by atoms with Gasteiger partial charge in [-0.3, -0.25) is 0 Å². The van der Waals surface area contributed by atoms with Crippen LogP contribution in [0.15, 0.2) is 54.6 Å². The summed E-state index contributed by atoms with van der Waals surface area (Å²) in [5.74, 6) is 1.48. The molecule has 0 aliphatic carbocycles. The van der Waals surface area contributed by atoms with Gasteiger partial charge in [0, 0.05) is 44.7 Å². The number of urea groups is 1. The molecule has 9 heteroatoms. The number of anilines is 1. The average Bonchev–Trinajstić information content (AvgIpc) is 3.27. The molecule has 2 aromatic heterocycles. The van der Waals surface area contributed by atoms with Gasteiger partial charge in [0.2, 0.25) is 5.95 Å². The van der Waals surface area contributed by atoms with Gasteiger partial charge in [0.1, 0.15) is 6.61 Å². The maximum atomic E-state index is 12.8. The van der Waals surface area contributed by atoms with Crippen molar-refractivity contribution in [3.63, 3.8) is 0 Å². The highest BCUT2D eigenvalue weighted by Crippen LogP contribution is 2.26. The number of methoxy groups -OCH3 is 1. The monoisotopic (exact) mass is 445 g/mol. The number of carbonyl (C=O) groups excluding carboxylic acids is 1. The Kier molecular flexibility index (Phi) is 5.78. The highest BCUT2D eigenvalue weighted by atomic mass is 16.5. The number of hydrogen-bond donors (Lipinski definition) is 1. The highest BCUT2D eigenvalue weighted by molar-refractivity contribution is 5.92. The zero-order valence-corrected chi connectivity index (χ0v) is 18.8. The van der Waals surface area contributed by atoms with Gasteiger partial charge in [-0.05, 0) is 24.6 Å². The van der Waals surface area contributed by atoms with Crippen LogP contribution in [0, 0.1) is 0 Å². The van der Waals surface area contributed by atoms with Crippen LogP contribution >= 0.6 is 0 Å². The van der Waals surface area contributed by atoms with Gasteiger partial charge in [-0.1, -0.05) is 42.5 Å². The third-order valence-corrected chi connectivity index (χ3v) is 6.03. The van der Waals surface area contributed by atoms with E-state index in [2.05, 4.69) is 27.3 Å². The van der Waals surface area contributed by atoms with E-state index in [1.165, 1.54) is 0 Å². The number of nitrogens with one attached hydrogen (secondary N) is 1. The number of carbonyl (C=O) groups is 1. The summed E-state index contributed by atoms with van der Waals surface area (Å²) in [5, 5.41) is 12.8. The molecule has 170 valence electrons. The molecule has 1 atom stereocenters. The third-order valence-electron chi connectivity index (χ3n) is 6.03. The first-order valence-electron chi connectivity index (χ1n) is 11.1. The zero-order chi connectivity index (χ0) is 22.8. The molecule has 2 aromatic carbocycles. The summed E-state index contributed by atoms with van der Waals surface area (Å²) in [5.41, 5.74) is 2.71. The number of rotatable bonds is 5. The predicted molar refractivity (Wildman–Crippen MR) is 126 cm³/mol. The molecule has 5 rings (SSSR count). The second-order valence-electron chi connectivity index (χ2n) is 8.27. The molecule has 0 radical (unpaired) electrons. The van der Waals surface area contributed by atoms with Crippen molar-refractivity contribution in [1.82, 2.24) is 29.8 Å². The number of piperazine rings is 1. The number of nitrogens with zero attached hydrogens (tertiary/aromatic N) is 6. The van der Waals surface area contributed by atoms with Crippen LogP contribution in [0.3, 0.4) is 0 Å². The molecule has 0 unspecified atom stereocenters. The molecule has 3 heterocycles. The fourth-order valence-electron chi connectivity index (χ4n) is 4.37. The van der Waals surface area contributed by atoms with E-state index < -0.39 is 0 Å². The lowest BCUT2D eigenvalue weighted by molar-refractivity contribution is 0.170. The van der Waals surface area contributed by atoms with E-state index in [1.54, 1.807) is 7.11 Å². The lowest BCUT2D eigenvalue weighted by atomic mass is 10.2. The lowest BCUT2D eigenvalue weighted by Crippen LogP contribution is -2.57. The summed E-state index contributed by atoms with van der Waals surface area (Å²) in [6, 6.07) is 17.8. The van der Waals surface area contributed by atoms with E-state index in [9.17, 15) is 4.79 Å². The van der Waals surface area contributed by atoms with Gasteiger partial charge in [-0.15, -0.1) is 10.2 Å². The first-order chi connectivity index (χ1) is 16.2. The highest BCUT2D eigenvalue weighted by Gasteiger charge is 2.30. The summed E-state index contributed by atoms with van der Waals surface area (Å²) in [4.78, 5) is 21.9. The van der Waals surface area contributed by atoms with Crippen LogP contribution in [-0.2, 0) is 17.9 Å². The van der Waals surface area contributed by atoms with Crippen molar-refractivity contribution in [3.05, 3.63) is 66.0 Å². The van der Waals surface area contributed by atoms with Crippen molar-refractivity contribution in [1.29, 1.82) is 0 Å². The Morgan fingerprint density at radius 1 is 1.09 bits per heavy atom. The van der Waals surface area contributed by atoms with Gasteiger partial charge in [0.15, 0.2) is 11.5 Å². The molecule has 1 fully saturated rings. The van der Waals surface area contributed by atoms with Crippen molar-refractivity contribution in [2.45, 2.75) is 26.1 Å². The van der Waals surface area contributed by atoms with E-state index in [1.807, 2.05) is 63.9 Å². The summed E-state index contributed by atoms with van der Waals surface area (Å²) in [6.07, 6.45) is 0. The van der Waals surface area contributed by atoms with Gasteiger partial charge < -0.3 is 19.9 Å². The Balaban J connectivity index is 1.39. The van der Waals surface area contributed by atoms with E-state index in [0.29, 0.717) is 38.6 Å². The molecule has 1 aliphatic heterocycles. The average molecular weight is 446 g/mol. The minimum absolute atomic E-state index is 0.0141. The van der Waals surface area contributed by atoms with E-state index in [0.717, 1.165) is 28.1 Å². The van der Waals surface area contributed by atoms with Crippen LogP contribution in [0.2, 0.25) is 0 Å². The van der Waals surface area contributed by atoms with Crippen LogP contribution < -0.4 is 10.2 Å². The molecule has 0 bridgehead atoms. The zero-order valence-electron chi connectivity index (χ0n) is 18.8. The summed E-state index contributed by atoms with van der Waals surface area (Å²) < 4.78 is 7.33. The van der Waals surface area contributed by atoms with Crippen LogP contribution in [-0.4, -0.2) is 63.3 Å². The fraction of sp³-hybridized carbons (Fsp3) is 0.333. The molecule has 2 amide bonds. The van der Waals surface area contributed by atoms with E-state index in [-0.39, 0.29) is 12.1 Å². The minimum atomic E-state index is -0.0491. The van der Waals surface area contributed by atoms with Crippen LogP contribution in [0.1, 0.15) is 18.3 Å². The Morgan fingerprint density at radius 3 is 2.67 bits per heavy atom. The Labute approximate surface area is 192 Å². The molecular formula is C24H27N7O2. The second-order valence-corrected chi connectivity index (χ2v) is 8.27. The number of hydrogen-bond acceptors (Lipinski definition) is 6. The fourth-order valence-corrected chi connectivity index (χ4v) is 4.37. The van der Waals surface area contributed by atoms with Crippen LogP contribution in [0.4, 0.5) is 10.7 Å². The molecule has 4 aromatic rings. The number of aromatic nitrogens is 4. The minimum Gasteiger partial charge on any atom is -0.377 e. The van der Waals surface area contributed by atoms with Crippen molar-refractivity contribution >= 4 is 28.5 Å². The lowest BCUT2D eigenvalue weighted by Gasteiger charge is -2.40. The quantitative estimate of drug-likeness (QED) is 0.508. The van der Waals surface area contributed by atoms with Crippen LogP contribution in [0.25, 0.3) is 16.6 Å². The smallest absolute Gasteiger partial charge is 0.318 e. The number of para-hydroxylation sites is 1. The molecule has 1 aliphatic rings. The molecular weight excluding hydrogens is 418 g/mol. The van der Waals surface area contributed by atoms with Crippen molar-refractivity contribution in [2.24, 2.45) is 0 Å². The molecule has 1 N–H and O–H groups in total. The summed E-state index contributed by atoms with van der Waals surface area (Å²) in [6.45, 7) is 4.83. The standard InChI is InChI=1S/C24H27N7O2/c1-17-15-29(12-13-30(17)24(32)25-14-18-8-4-3-5-9-18)23-26-20-11-7-6-10-19(20)22-28-27-21(16-33-2)31(22)23/h3-11,17H,12-16H2,1-2H3,(H,25,32)/t17-/m0/s1. The summed E-state index contributed by atoms with van der Waals surface area (Å²) in [7, 11) is 1.64. The number of benzene rings is 2. The SMILES string of the molecule is COCc1nnc2c3ccccc3nc(N3CCN(C(=O)NCc4ccccc4)[C@@H](C)C3)n12. The Bertz CT molecular complexity index is 1270. The van der Waals surface area contributed by atoms with Crippen molar-refractivity contribution in [2.75, 3.05) is 31.6 Å². The second kappa shape index (κ2) is 9.03. The maximum Gasteiger partial charge on any atom is 0.318 e. The van der Waals surface area contributed by atoms with Gasteiger partial charge in [0.05, 0.1) is 5.52 Å². The van der Waals surface area contributed by atoms with Crippen LogP contribution in [0.5, 0.6) is 0 Å². The Morgan fingerprint density at radius 2 is 1.88 bits per heavy atom. The molecule has 0 spiro atoms. The molecule has 33 heavy (non-hydrogen) atoms. The van der Waals surface area contributed by atoms with Gasteiger partial charge in [0.25, 0.3) is 0 Å². The topological polar surface area (TPSA) is 87.9 Å². The first kappa shape index (κ1) is 21.1. The van der Waals surface area contributed by atoms with Gasteiger partial charge in [-0.2, -0.15) is 0 Å². The normalized spacial score (nSPS) is 16.5. The number of fused-ring (bicyclic) bond motifs is 3. The molecule has 9 nitrogen and oxygen atoms in total. The predicted octanol–water partition coefficient (Wildman–Crippen LogP) is 2.84. The molecule has 0 saturated carbocycles. The number of amides is 2. The van der Waals surface area contributed by atoms with Crippen molar-refractivity contribution in [3.8, 4) is 0 Å².